The largest absolute Gasteiger partial charge is 0.395 e. The van der Waals surface area contributed by atoms with Crippen molar-refractivity contribution in [3.05, 3.63) is 28.3 Å². The zero-order valence-corrected chi connectivity index (χ0v) is 8.63. The minimum Gasteiger partial charge on any atom is -0.395 e. The monoisotopic (exact) mass is 223 g/mol. The lowest BCUT2D eigenvalue weighted by atomic mass is 10.1. The van der Waals surface area contributed by atoms with Gasteiger partial charge in [-0.2, -0.15) is 4.98 Å². The molecule has 0 saturated heterocycles. The molecule has 1 saturated carbocycles. The van der Waals surface area contributed by atoms with E-state index in [1.807, 2.05) is 0 Å². The number of nitrogens with two attached hydrogens (primary N) is 1. The molecule has 1 aromatic rings. The van der Waals surface area contributed by atoms with Crippen molar-refractivity contribution in [3.8, 4) is 0 Å². The molecule has 1 aliphatic rings. The van der Waals surface area contributed by atoms with Gasteiger partial charge in [-0.1, -0.05) is 0 Å². The Morgan fingerprint density at radius 2 is 2.25 bits per heavy atom. The smallest absolute Gasteiger partial charge is 0.353 e. The SMILES string of the molecule is Nc1ccn(/C=C2/CC2(CO)CO)c(=O)n1. The van der Waals surface area contributed by atoms with E-state index in [0.717, 1.165) is 5.57 Å². The predicted octanol–water partition coefficient (Wildman–Crippen LogP) is -0.959. The van der Waals surface area contributed by atoms with E-state index in [-0.39, 0.29) is 19.0 Å². The quantitative estimate of drug-likeness (QED) is 0.612. The molecule has 1 heterocycles. The highest BCUT2D eigenvalue weighted by atomic mass is 16.3. The first kappa shape index (κ1) is 10.8. The van der Waals surface area contributed by atoms with Crippen molar-refractivity contribution in [1.82, 2.24) is 9.55 Å². The molecular weight excluding hydrogens is 210 g/mol. The standard InChI is InChI=1S/C10H13N3O3/c11-8-1-2-13(9(16)12-8)4-7-3-10(7,5-14)6-15/h1-2,4,14-15H,3,5-6H2,(H2,11,12,16)/b7-4-. The minimum atomic E-state index is -0.555. The molecule has 0 atom stereocenters. The van der Waals surface area contributed by atoms with Gasteiger partial charge in [0.2, 0.25) is 0 Å². The Balaban J connectivity index is 2.29. The van der Waals surface area contributed by atoms with Crippen molar-refractivity contribution in [3.63, 3.8) is 0 Å². The Hall–Kier alpha value is -1.66. The maximum atomic E-state index is 11.4. The molecule has 0 bridgehead atoms. The molecule has 1 aliphatic carbocycles. The van der Waals surface area contributed by atoms with Gasteiger partial charge in [-0.15, -0.1) is 0 Å². The highest BCUT2D eigenvalue weighted by Gasteiger charge is 2.48. The summed E-state index contributed by atoms with van der Waals surface area (Å²) in [6, 6.07) is 1.51. The Labute approximate surface area is 91.7 Å². The number of aliphatic hydroxyl groups excluding tert-OH is 2. The predicted molar refractivity (Wildman–Crippen MR) is 58.4 cm³/mol. The molecule has 4 N–H and O–H groups in total. The summed E-state index contributed by atoms with van der Waals surface area (Å²) in [6.07, 6.45) is 3.69. The van der Waals surface area contributed by atoms with E-state index in [4.69, 9.17) is 15.9 Å². The van der Waals surface area contributed by atoms with Gasteiger partial charge in [0.25, 0.3) is 0 Å². The van der Waals surface area contributed by atoms with Crippen LogP contribution in [-0.2, 0) is 0 Å². The molecule has 16 heavy (non-hydrogen) atoms. The average molecular weight is 223 g/mol. The van der Waals surface area contributed by atoms with Gasteiger partial charge >= 0.3 is 5.69 Å². The van der Waals surface area contributed by atoms with Crippen LogP contribution in [0.4, 0.5) is 5.82 Å². The number of nitrogen functional groups attached to an aromatic ring is 1. The van der Waals surface area contributed by atoms with Crippen molar-refractivity contribution in [2.45, 2.75) is 6.42 Å². The second kappa shape index (κ2) is 3.73. The number of aromatic nitrogens is 2. The summed E-state index contributed by atoms with van der Waals surface area (Å²) in [6.45, 7) is -0.237. The van der Waals surface area contributed by atoms with Gasteiger partial charge in [0.1, 0.15) is 5.82 Å². The van der Waals surface area contributed by atoms with E-state index in [9.17, 15) is 4.79 Å². The first-order chi connectivity index (χ1) is 7.61. The number of hydrogen-bond acceptors (Lipinski definition) is 5. The Morgan fingerprint density at radius 3 is 2.75 bits per heavy atom. The van der Waals surface area contributed by atoms with Crippen LogP contribution >= 0.6 is 0 Å². The number of hydrogen-bond donors (Lipinski definition) is 3. The summed E-state index contributed by atoms with van der Waals surface area (Å²) >= 11 is 0. The van der Waals surface area contributed by atoms with Gasteiger partial charge in [0.15, 0.2) is 0 Å². The molecular formula is C10H13N3O3. The highest BCUT2D eigenvalue weighted by molar-refractivity contribution is 5.47. The van der Waals surface area contributed by atoms with Crippen LogP contribution in [0.2, 0.25) is 0 Å². The molecule has 1 fully saturated rings. The van der Waals surface area contributed by atoms with Crippen LogP contribution in [-0.4, -0.2) is 33.0 Å². The Bertz CT molecular complexity index is 488. The molecule has 0 amide bonds. The maximum absolute atomic E-state index is 11.4. The fraction of sp³-hybridized carbons (Fsp3) is 0.400. The van der Waals surface area contributed by atoms with Crippen molar-refractivity contribution in [2.75, 3.05) is 18.9 Å². The van der Waals surface area contributed by atoms with Gasteiger partial charge < -0.3 is 15.9 Å². The lowest BCUT2D eigenvalue weighted by Crippen LogP contribution is -2.19. The molecule has 0 unspecified atom stereocenters. The Kier molecular flexibility index (Phi) is 2.53. The van der Waals surface area contributed by atoms with E-state index in [2.05, 4.69) is 4.98 Å². The van der Waals surface area contributed by atoms with E-state index in [1.54, 1.807) is 6.20 Å². The van der Waals surface area contributed by atoms with Crippen LogP contribution in [0.1, 0.15) is 6.42 Å². The molecule has 0 spiro atoms. The maximum Gasteiger partial charge on any atom is 0.353 e. The second-order valence-corrected chi connectivity index (χ2v) is 3.97. The molecule has 0 aliphatic heterocycles. The van der Waals surface area contributed by atoms with Gasteiger partial charge in [-0.3, -0.25) is 4.57 Å². The molecule has 1 aromatic heterocycles. The molecule has 2 rings (SSSR count). The van der Waals surface area contributed by atoms with E-state index < -0.39 is 11.1 Å². The summed E-state index contributed by atoms with van der Waals surface area (Å²) < 4.78 is 1.29. The zero-order chi connectivity index (χ0) is 11.8. The minimum absolute atomic E-state index is 0.119. The first-order valence-electron chi connectivity index (χ1n) is 4.89. The first-order valence-corrected chi connectivity index (χ1v) is 4.89. The second-order valence-electron chi connectivity index (χ2n) is 3.97. The van der Waals surface area contributed by atoms with E-state index in [0.29, 0.717) is 6.42 Å². The van der Waals surface area contributed by atoms with Crippen LogP contribution in [0.15, 0.2) is 22.6 Å². The number of rotatable bonds is 3. The van der Waals surface area contributed by atoms with Crippen molar-refractivity contribution < 1.29 is 10.2 Å². The third kappa shape index (κ3) is 1.72. The molecule has 0 aromatic carbocycles. The van der Waals surface area contributed by atoms with Gasteiger partial charge in [-0.05, 0) is 18.1 Å². The van der Waals surface area contributed by atoms with Crippen molar-refractivity contribution in [2.24, 2.45) is 5.41 Å². The topological polar surface area (TPSA) is 101 Å². The molecule has 86 valence electrons. The van der Waals surface area contributed by atoms with Gasteiger partial charge in [-0.25, -0.2) is 4.79 Å². The van der Waals surface area contributed by atoms with Crippen LogP contribution in [0.3, 0.4) is 0 Å². The summed E-state index contributed by atoms with van der Waals surface area (Å²) in [4.78, 5) is 15.0. The normalized spacial score (nSPS) is 20.0. The van der Waals surface area contributed by atoms with E-state index >= 15 is 0 Å². The summed E-state index contributed by atoms with van der Waals surface area (Å²) in [7, 11) is 0. The van der Waals surface area contributed by atoms with E-state index in [1.165, 1.54) is 16.8 Å². The average Bonchev–Trinajstić information content (AvgIpc) is 2.97. The lowest BCUT2D eigenvalue weighted by molar-refractivity contribution is 0.143. The number of anilines is 1. The zero-order valence-electron chi connectivity index (χ0n) is 8.63. The highest BCUT2D eigenvalue weighted by Crippen LogP contribution is 2.51. The van der Waals surface area contributed by atoms with Crippen LogP contribution in [0.5, 0.6) is 0 Å². The third-order valence-corrected chi connectivity index (χ3v) is 2.84. The molecule has 6 heteroatoms. The fourth-order valence-corrected chi connectivity index (χ4v) is 1.56. The van der Waals surface area contributed by atoms with Crippen molar-refractivity contribution in [1.29, 1.82) is 0 Å². The summed E-state index contributed by atoms with van der Waals surface area (Å²) in [5.74, 6) is 0.172. The fourth-order valence-electron chi connectivity index (χ4n) is 1.56. The summed E-state index contributed by atoms with van der Waals surface area (Å²) in [5.41, 5.74) is 5.17. The van der Waals surface area contributed by atoms with Crippen LogP contribution in [0.25, 0.3) is 6.20 Å². The molecule has 0 radical (unpaired) electrons. The van der Waals surface area contributed by atoms with Gasteiger partial charge in [0, 0.05) is 17.8 Å². The lowest BCUT2D eigenvalue weighted by Gasteiger charge is -2.05. The van der Waals surface area contributed by atoms with Crippen LogP contribution < -0.4 is 11.4 Å². The number of aliphatic hydroxyl groups is 2. The summed E-state index contributed by atoms with van der Waals surface area (Å²) in [5, 5.41) is 18.2. The molecule has 6 nitrogen and oxygen atoms in total. The van der Waals surface area contributed by atoms with Crippen molar-refractivity contribution >= 4 is 12.0 Å². The van der Waals surface area contributed by atoms with Crippen LogP contribution in [0, 0.1) is 5.41 Å². The number of nitrogens with zero attached hydrogens (tertiary/aromatic N) is 2. The van der Waals surface area contributed by atoms with Gasteiger partial charge in [0.05, 0.1) is 13.2 Å². The Morgan fingerprint density at radius 1 is 1.56 bits per heavy atom. The third-order valence-electron chi connectivity index (χ3n) is 2.84.